The van der Waals surface area contributed by atoms with Crippen molar-refractivity contribution in [3.05, 3.63) is 23.8 Å². The first-order chi connectivity index (χ1) is 10.0. The van der Waals surface area contributed by atoms with E-state index in [4.69, 9.17) is 10.5 Å². The summed E-state index contributed by atoms with van der Waals surface area (Å²) in [5.41, 5.74) is 7.67. The van der Waals surface area contributed by atoms with E-state index in [1.807, 2.05) is 39.2 Å². The number of likely N-dealkylation sites (N-methyl/N-ethyl adjacent to an activating group) is 1. The van der Waals surface area contributed by atoms with Gasteiger partial charge in [0.2, 0.25) is 5.91 Å². The number of benzene rings is 1. The number of nitrogens with zero attached hydrogens (tertiary/aromatic N) is 1. The van der Waals surface area contributed by atoms with E-state index in [1.165, 1.54) is 0 Å². The number of nitrogens with two attached hydrogens (primary N) is 1. The molecule has 0 saturated carbocycles. The van der Waals surface area contributed by atoms with Gasteiger partial charge in [0.25, 0.3) is 0 Å². The van der Waals surface area contributed by atoms with Gasteiger partial charge in [-0.2, -0.15) is 0 Å². The second kappa shape index (κ2) is 9.23. The van der Waals surface area contributed by atoms with Crippen LogP contribution >= 0.6 is 0 Å². The summed E-state index contributed by atoms with van der Waals surface area (Å²) in [4.78, 5) is 13.6. The van der Waals surface area contributed by atoms with E-state index in [1.54, 1.807) is 0 Å². The molecular weight excluding hydrogens is 266 g/mol. The first-order valence-corrected chi connectivity index (χ1v) is 7.45. The zero-order valence-electron chi connectivity index (χ0n) is 13.3. The van der Waals surface area contributed by atoms with Crippen molar-refractivity contribution < 1.29 is 9.53 Å². The monoisotopic (exact) mass is 293 g/mol. The van der Waals surface area contributed by atoms with Crippen LogP contribution in [-0.4, -0.2) is 44.6 Å². The Balaban J connectivity index is 2.44. The van der Waals surface area contributed by atoms with Gasteiger partial charge in [-0.15, -0.1) is 0 Å². The number of carbonyl (C=O) groups is 1. The number of nitrogen functional groups attached to an aromatic ring is 1. The molecule has 0 aliphatic carbocycles. The molecule has 0 spiro atoms. The molecule has 118 valence electrons. The van der Waals surface area contributed by atoms with Crippen molar-refractivity contribution in [2.24, 2.45) is 0 Å². The Kier molecular flexibility index (Phi) is 7.61. The molecule has 0 bridgehead atoms. The number of anilines is 1. The second-order valence-electron chi connectivity index (χ2n) is 5.37. The van der Waals surface area contributed by atoms with Crippen LogP contribution in [-0.2, 0) is 11.2 Å². The molecule has 0 heterocycles. The van der Waals surface area contributed by atoms with Crippen LogP contribution in [0.2, 0.25) is 0 Å². The highest BCUT2D eigenvalue weighted by molar-refractivity contribution is 5.76. The van der Waals surface area contributed by atoms with Crippen LogP contribution in [0.5, 0.6) is 5.75 Å². The molecule has 5 heteroatoms. The van der Waals surface area contributed by atoms with Crippen LogP contribution < -0.4 is 15.8 Å². The normalized spacial score (nSPS) is 10.7. The molecule has 21 heavy (non-hydrogen) atoms. The van der Waals surface area contributed by atoms with Gasteiger partial charge in [-0.3, -0.25) is 4.79 Å². The molecule has 0 atom stereocenters. The lowest BCUT2D eigenvalue weighted by atomic mass is 10.1. The van der Waals surface area contributed by atoms with E-state index in [2.05, 4.69) is 10.2 Å². The summed E-state index contributed by atoms with van der Waals surface area (Å²) in [6.45, 7) is 4.23. The van der Waals surface area contributed by atoms with Gasteiger partial charge >= 0.3 is 0 Å². The van der Waals surface area contributed by atoms with Gasteiger partial charge in [-0.1, -0.05) is 13.0 Å². The van der Waals surface area contributed by atoms with E-state index >= 15 is 0 Å². The van der Waals surface area contributed by atoms with Crippen molar-refractivity contribution in [2.75, 3.05) is 39.5 Å². The quantitative estimate of drug-likeness (QED) is 0.680. The molecule has 5 nitrogen and oxygen atoms in total. The van der Waals surface area contributed by atoms with Crippen molar-refractivity contribution in [1.82, 2.24) is 10.2 Å². The van der Waals surface area contributed by atoms with Gasteiger partial charge in [0.15, 0.2) is 0 Å². The number of carbonyl (C=O) groups excluding carboxylic acids is 1. The number of nitrogens with one attached hydrogen (secondary N) is 1. The standard InChI is InChI=1S/C16H27N3O2/c1-4-9-18-16(20)8-6-13-5-7-15(14(17)12-13)21-11-10-19(2)3/h5,7,12H,4,6,8-11,17H2,1-3H3,(H,18,20). The number of ether oxygens (including phenoxy) is 1. The average Bonchev–Trinajstić information content (AvgIpc) is 2.44. The van der Waals surface area contributed by atoms with E-state index in [9.17, 15) is 4.79 Å². The summed E-state index contributed by atoms with van der Waals surface area (Å²) in [6, 6.07) is 5.73. The maximum atomic E-state index is 11.6. The molecule has 0 saturated heterocycles. The first-order valence-electron chi connectivity index (χ1n) is 7.45. The van der Waals surface area contributed by atoms with Crippen LogP contribution in [0, 0.1) is 0 Å². The van der Waals surface area contributed by atoms with Crippen LogP contribution in [0.15, 0.2) is 18.2 Å². The van der Waals surface area contributed by atoms with Crippen LogP contribution in [0.1, 0.15) is 25.3 Å². The van der Waals surface area contributed by atoms with Gasteiger partial charge in [0, 0.05) is 19.5 Å². The lowest BCUT2D eigenvalue weighted by Crippen LogP contribution is -2.24. The third-order valence-electron chi connectivity index (χ3n) is 3.08. The highest BCUT2D eigenvalue weighted by Crippen LogP contribution is 2.23. The fraction of sp³-hybridized carbons (Fsp3) is 0.562. The summed E-state index contributed by atoms with van der Waals surface area (Å²) in [5, 5.41) is 2.87. The van der Waals surface area contributed by atoms with Crippen molar-refractivity contribution in [3.8, 4) is 5.75 Å². The number of rotatable bonds is 9. The topological polar surface area (TPSA) is 67.6 Å². The number of hydrogen-bond donors (Lipinski definition) is 2. The molecule has 1 rings (SSSR count). The largest absolute Gasteiger partial charge is 0.490 e. The minimum absolute atomic E-state index is 0.0849. The molecule has 0 aromatic heterocycles. The molecule has 0 fully saturated rings. The minimum atomic E-state index is 0.0849. The molecule has 0 radical (unpaired) electrons. The summed E-state index contributed by atoms with van der Waals surface area (Å²) in [7, 11) is 4.00. The second-order valence-corrected chi connectivity index (χ2v) is 5.37. The molecule has 3 N–H and O–H groups in total. The van der Waals surface area contributed by atoms with E-state index in [0.29, 0.717) is 30.9 Å². The zero-order chi connectivity index (χ0) is 15.7. The predicted octanol–water partition coefficient (Wildman–Crippen LogP) is 1.67. The van der Waals surface area contributed by atoms with E-state index in [0.717, 1.165) is 25.1 Å². The van der Waals surface area contributed by atoms with Crippen LogP contribution in [0.4, 0.5) is 5.69 Å². The van der Waals surface area contributed by atoms with Crippen molar-refractivity contribution >= 4 is 11.6 Å². The Morgan fingerprint density at radius 3 is 2.76 bits per heavy atom. The third-order valence-corrected chi connectivity index (χ3v) is 3.08. The number of aryl methyl sites for hydroxylation is 1. The molecule has 0 aliphatic rings. The Morgan fingerprint density at radius 2 is 2.14 bits per heavy atom. The molecule has 1 aromatic rings. The molecule has 1 amide bonds. The summed E-state index contributed by atoms with van der Waals surface area (Å²) in [5.74, 6) is 0.790. The van der Waals surface area contributed by atoms with Gasteiger partial charge in [-0.05, 0) is 44.6 Å². The molecule has 1 aromatic carbocycles. The Hall–Kier alpha value is -1.75. The summed E-state index contributed by atoms with van der Waals surface area (Å²) >= 11 is 0. The van der Waals surface area contributed by atoms with Gasteiger partial charge in [0.05, 0.1) is 5.69 Å². The fourth-order valence-electron chi connectivity index (χ4n) is 1.83. The van der Waals surface area contributed by atoms with E-state index in [-0.39, 0.29) is 5.91 Å². The first kappa shape index (κ1) is 17.3. The lowest BCUT2D eigenvalue weighted by molar-refractivity contribution is -0.121. The average molecular weight is 293 g/mol. The smallest absolute Gasteiger partial charge is 0.220 e. The zero-order valence-corrected chi connectivity index (χ0v) is 13.3. The van der Waals surface area contributed by atoms with Crippen molar-refractivity contribution in [1.29, 1.82) is 0 Å². The maximum Gasteiger partial charge on any atom is 0.220 e. The maximum absolute atomic E-state index is 11.6. The third kappa shape index (κ3) is 6.99. The fourth-order valence-corrected chi connectivity index (χ4v) is 1.83. The summed E-state index contributed by atoms with van der Waals surface area (Å²) in [6.07, 6.45) is 2.13. The van der Waals surface area contributed by atoms with Gasteiger partial charge < -0.3 is 20.7 Å². The number of amides is 1. The highest BCUT2D eigenvalue weighted by atomic mass is 16.5. The highest BCUT2D eigenvalue weighted by Gasteiger charge is 2.05. The van der Waals surface area contributed by atoms with Crippen LogP contribution in [0.25, 0.3) is 0 Å². The van der Waals surface area contributed by atoms with Crippen molar-refractivity contribution in [2.45, 2.75) is 26.2 Å². The SMILES string of the molecule is CCCNC(=O)CCc1ccc(OCCN(C)C)c(N)c1. The lowest BCUT2D eigenvalue weighted by Gasteiger charge is -2.13. The van der Waals surface area contributed by atoms with E-state index < -0.39 is 0 Å². The summed E-state index contributed by atoms with van der Waals surface area (Å²) < 4.78 is 5.64. The minimum Gasteiger partial charge on any atom is -0.490 e. The Morgan fingerprint density at radius 1 is 1.38 bits per heavy atom. The molecule has 0 aliphatic heterocycles. The Bertz CT molecular complexity index is 447. The van der Waals surface area contributed by atoms with Crippen molar-refractivity contribution in [3.63, 3.8) is 0 Å². The molecular formula is C16H27N3O2. The van der Waals surface area contributed by atoms with Crippen LogP contribution in [0.3, 0.4) is 0 Å². The predicted molar refractivity (Wildman–Crippen MR) is 86.5 cm³/mol. The Labute approximate surface area is 127 Å². The van der Waals surface area contributed by atoms with Gasteiger partial charge in [-0.25, -0.2) is 0 Å². The number of hydrogen-bond acceptors (Lipinski definition) is 4. The molecule has 0 unspecified atom stereocenters. The van der Waals surface area contributed by atoms with Gasteiger partial charge in [0.1, 0.15) is 12.4 Å².